The molecule has 0 unspecified atom stereocenters. The van der Waals surface area contributed by atoms with E-state index in [2.05, 4.69) is 16.0 Å². The number of H-pyrrole nitrogens is 1. The average Bonchev–Trinajstić information content (AvgIpc) is 2.90. The molecule has 3 rings (SSSR count). The molecule has 3 aromatic rings. The van der Waals surface area contributed by atoms with Gasteiger partial charge in [0.05, 0.1) is 16.6 Å². The maximum Gasteiger partial charge on any atom is 0.149 e. The zero-order valence-electron chi connectivity index (χ0n) is 10.5. The Morgan fingerprint density at radius 2 is 1.90 bits per heavy atom. The second-order valence-corrected chi connectivity index (χ2v) is 4.70. The van der Waals surface area contributed by atoms with E-state index in [9.17, 15) is 5.26 Å². The highest BCUT2D eigenvalue weighted by atomic mass is 35.5. The lowest BCUT2D eigenvalue weighted by atomic mass is 10.1. The highest BCUT2D eigenvalue weighted by Gasteiger charge is 2.08. The standard InChI is InChI=1S/C16H10ClN3/c17-13-6-2-1-5-11(13)9-12(10-18)16-19-14-7-3-4-8-15(14)20-16/h1-9H,(H,19,20)/b12-9+. The van der Waals surface area contributed by atoms with Crippen molar-refractivity contribution in [1.29, 1.82) is 5.26 Å². The molecule has 96 valence electrons. The minimum atomic E-state index is 0.453. The summed E-state index contributed by atoms with van der Waals surface area (Å²) in [5.74, 6) is 0.550. The summed E-state index contributed by atoms with van der Waals surface area (Å²) in [5.41, 5.74) is 2.99. The lowest BCUT2D eigenvalue weighted by Gasteiger charge is -1.98. The summed E-state index contributed by atoms with van der Waals surface area (Å²) >= 11 is 6.11. The van der Waals surface area contributed by atoms with Gasteiger partial charge in [0.1, 0.15) is 11.9 Å². The molecule has 0 atom stereocenters. The van der Waals surface area contributed by atoms with Crippen LogP contribution in [0.25, 0.3) is 22.7 Å². The number of allylic oxidation sites excluding steroid dienone is 1. The first-order valence-electron chi connectivity index (χ1n) is 6.09. The Hall–Kier alpha value is -2.57. The van der Waals surface area contributed by atoms with E-state index < -0.39 is 0 Å². The summed E-state index contributed by atoms with van der Waals surface area (Å²) in [5, 5.41) is 9.94. The van der Waals surface area contributed by atoms with E-state index in [0.717, 1.165) is 16.6 Å². The molecule has 0 aliphatic carbocycles. The molecule has 0 saturated heterocycles. The van der Waals surface area contributed by atoms with Gasteiger partial charge in [-0.15, -0.1) is 0 Å². The van der Waals surface area contributed by atoms with Gasteiger partial charge < -0.3 is 4.98 Å². The van der Waals surface area contributed by atoms with Crippen molar-refractivity contribution < 1.29 is 0 Å². The number of nitriles is 1. The van der Waals surface area contributed by atoms with E-state index in [4.69, 9.17) is 11.6 Å². The molecule has 0 radical (unpaired) electrons. The highest BCUT2D eigenvalue weighted by molar-refractivity contribution is 6.32. The van der Waals surface area contributed by atoms with Crippen LogP contribution >= 0.6 is 11.6 Å². The molecule has 1 N–H and O–H groups in total. The first-order chi connectivity index (χ1) is 9.78. The zero-order valence-corrected chi connectivity index (χ0v) is 11.2. The van der Waals surface area contributed by atoms with Crippen LogP contribution in [0.4, 0.5) is 0 Å². The summed E-state index contributed by atoms with van der Waals surface area (Å²) in [6.07, 6.45) is 1.74. The summed E-state index contributed by atoms with van der Waals surface area (Å²) in [6.45, 7) is 0. The Kier molecular flexibility index (Phi) is 3.24. The molecule has 2 aromatic carbocycles. The van der Waals surface area contributed by atoms with Gasteiger partial charge in [-0.3, -0.25) is 0 Å². The van der Waals surface area contributed by atoms with Crippen LogP contribution in [-0.4, -0.2) is 9.97 Å². The lowest BCUT2D eigenvalue weighted by molar-refractivity contribution is 1.27. The zero-order chi connectivity index (χ0) is 13.9. The van der Waals surface area contributed by atoms with Gasteiger partial charge in [0.2, 0.25) is 0 Å². The fraction of sp³-hybridized carbons (Fsp3) is 0. The summed E-state index contributed by atoms with van der Waals surface area (Å²) in [7, 11) is 0. The van der Waals surface area contributed by atoms with Crippen molar-refractivity contribution in [2.45, 2.75) is 0 Å². The van der Waals surface area contributed by atoms with Crippen molar-refractivity contribution in [2.24, 2.45) is 0 Å². The van der Waals surface area contributed by atoms with Crippen molar-refractivity contribution in [3.63, 3.8) is 0 Å². The Morgan fingerprint density at radius 1 is 1.15 bits per heavy atom. The SMILES string of the molecule is N#C/C(=C\c1ccccc1Cl)c1nc2ccccc2[nH]1. The average molecular weight is 280 g/mol. The number of rotatable bonds is 2. The van der Waals surface area contributed by atoms with Crippen LogP contribution in [0.15, 0.2) is 48.5 Å². The molecule has 0 aliphatic heterocycles. The molecule has 20 heavy (non-hydrogen) atoms. The predicted molar refractivity (Wildman–Crippen MR) is 81.0 cm³/mol. The first-order valence-corrected chi connectivity index (χ1v) is 6.47. The molecule has 0 amide bonds. The third-order valence-corrected chi connectivity index (χ3v) is 3.31. The van der Waals surface area contributed by atoms with Crippen molar-refractivity contribution in [1.82, 2.24) is 9.97 Å². The van der Waals surface area contributed by atoms with Gasteiger partial charge in [-0.2, -0.15) is 5.26 Å². The second kappa shape index (κ2) is 5.20. The lowest BCUT2D eigenvalue weighted by Crippen LogP contribution is -1.85. The van der Waals surface area contributed by atoms with Gasteiger partial charge in [-0.25, -0.2) is 4.98 Å². The number of aromatic nitrogens is 2. The third-order valence-electron chi connectivity index (χ3n) is 2.97. The third kappa shape index (κ3) is 2.29. The number of nitrogens with one attached hydrogen (secondary N) is 1. The van der Waals surface area contributed by atoms with E-state index in [1.165, 1.54) is 0 Å². The molecule has 1 heterocycles. The Balaban J connectivity index is 2.10. The van der Waals surface area contributed by atoms with E-state index in [1.807, 2.05) is 42.5 Å². The minimum absolute atomic E-state index is 0.453. The van der Waals surface area contributed by atoms with Gasteiger partial charge in [0, 0.05) is 5.02 Å². The van der Waals surface area contributed by atoms with E-state index >= 15 is 0 Å². The van der Waals surface area contributed by atoms with Crippen LogP contribution in [0.5, 0.6) is 0 Å². The van der Waals surface area contributed by atoms with Crippen LogP contribution in [0.3, 0.4) is 0 Å². The second-order valence-electron chi connectivity index (χ2n) is 4.29. The van der Waals surface area contributed by atoms with Gasteiger partial charge >= 0.3 is 0 Å². The smallest absolute Gasteiger partial charge is 0.149 e. The van der Waals surface area contributed by atoms with Crippen molar-refractivity contribution >= 4 is 34.3 Å². The monoisotopic (exact) mass is 279 g/mol. The van der Waals surface area contributed by atoms with Crippen LogP contribution < -0.4 is 0 Å². The van der Waals surface area contributed by atoms with Gasteiger partial charge in [-0.1, -0.05) is 41.9 Å². The molecule has 0 saturated carbocycles. The number of aromatic amines is 1. The molecule has 3 nitrogen and oxygen atoms in total. The Morgan fingerprint density at radius 3 is 2.65 bits per heavy atom. The van der Waals surface area contributed by atoms with Crippen molar-refractivity contribution in [2.75, 3.05) is 0 Å². The number of halogens is 1. The Bertz CT molecular complexity index is 807. The first kappa shape index (κ1) is 12.5. The predicted octanol–water partition coefficient (Wildman–Crippen LogP) is 4.28. The summed E-state index contributed by atoms with van der Waals surface area (Å²) in [4.78, 5) is 7.56. The number of imidazole rings is 1. The van der Waals surface area contributed by atoms with Gasteiger partial charge in [-0.05, 0) is 29.8 Å². The van der Waals surface area contributed by atoms with Crippen LogP contribution in [-0.2, 0) is 0 Å². The van der Waals surface area contributed by atoms with Crippen LogP contribution in [0.2, 0.25) is 5.02 Å². The Labute approximate surface area is 121 Å². The quantitative estimate of drug-likeness (QED) is 0.712. The molecule has 0 bridgehead atoms. The summed E-state index contributed by atoms with van der Waals surface area (Å²) in [6, 6.07) is 17.2. The fourth-order valence-electron chi connectivity index (χ4n) is 1.98. The number of fused-ring (bicyclic) bond motifs is 1. The molecule has 0 aliphatic rings. The topological polar surface area (TPSA) is 52.5 Å². The van der Waals surface area contributed by atoms with Gasteiger partial charge in [0.15, 0.2) is 0 Å². The number of hydrogen-bond donors (Lipinski definition) is 1. The molecular formula is C16H10ClN3. The van der Waals surface area contributed by atoms with E-state index in [1.54, 1.807) is 12.1 Å². The van der Waals surface area contributed by atoms with E-state index in [0.29, 0.717) is 16.4 Å². The number of hydrogen-bond acceptors (Lipinski definition) is 2. The van der Waals surface area contributed by atoms with Gasteiger partial charge in [0.25, 0.3) is 0 Å². The maximum absolute atomic E-state index is 9.34. The molecule has 0 spiro atoms. The minimum Gasteiger partial charge on any atom is -0.337 e. The van der Waals surface area contributed by atoms with E-state index in [-0.39, 0.29) is 0 Å². The number of para-hydroxylation sites is 2. The van der Waals surface area contributed by atoms with Crippen molar-refractivity contribution in [3.8, 4) is 6.07 Å². The summed E-state index contributed by atoms with van der Waals surface area (Å²) < 4.78 is 0. The molecule has 4 heteroatoms. The maximum atomic E-state index is 9.34. The normalized spacial score (nSPS) is 11.5. The molecule has 1 aromatic heterocycles. The molecular weight excluding hydrogens is 270 g/mol. The fourth-order valence-corrected chi connectivity index (χ4v) is 2.17. The highest BCUT2D eigenvalue weighted by Crippen LogP contribution is 2.22. The number of benzene rings is 2. The number of nitrogens with zero attached hydrogens (tertiary/aromatic N) is 2. The van der Waals surface area contributed by atoms with Crippen molar-refractivity contribution in [3.05, 3.63) is 64.9 Å². The molecule has 0 fully saturated rings. The van der Waals surface area contributed by atoms with Crippen LogP contribution in [0.1, 0.15) is 11.4 Å². The van der Waals surface area contributed by atoms with Crippen LogP contribution in [0, 0.1) is 11.3 Å². The largest absolute Gasteiger partial charge is 0.337 e.